The molecule has 1 N–H and O–H groups in total. The van der Waals surface area contributed by atoms with Crippen molar-refractivity contribution < 1.29 is 14.7 Å². The monoisotopic (exact) mass is 191 g/mol. The van der Waals surface area contributed by atoms with Crippen LogP contribution in [0.15, 0.2) is 24.5 Å². The number of ketones is 1. The summed E-state index contributed by atoms with van der Waals surface area (Å²) < 4.78 is 0. The van der Waals surface area contributed by atoms with Gasteiger partial charge in [-0.25, -0.2) is 0 Å². The van der Waals surface area contributed by atoms with Crippen molar-refractivity contribution in [2.24, 2.45) is 5.41 Å². The van der Waals surface area contributed by atoms with Crippen molar-refractivity contribution in [3.05, 3.63) is 30.1 Å². The van der Waals surface area contributed by atoms with Crippen LogP contribution in [0, 0.1) is 5.41 Å². The Hall–Kier alpha value is -1.71. The van der Waals surface area contributed by atoms with E-state index in [1.165, 1.54) is 12.4 Å². The Morgan fingerprint density at radius 3 is 2.29 bits per heavy atom. The van der Waals surface area contributed by atoms with E-state index in [1.807, 2.05) is 0 Å². The molecule has 2 rings (SSSR count). The Bertz CT molecular complexity index is 382. The molecule has 0 saturated heterocycles. The lowest BCUT2D eigenvalue weighted by molar-refractivity contribution is -0.141. The number of aliphatic carboxylic acids is 1. The van der Waals surface area contributed by atoms with Gasteiger partial charge in [-0.3, -0.25) is 14.6 Å². The number of carboxylic acids is 1. The zero-order valence-corrected chi connectivity index (χ0v) is 7.43. The lowest BCUT2D eigenvalue weighted by atomic mass is 9.96. The molecule has 4 heteroatoms. The van der Waals surface area contributed by atoms with Crippen molar-refractivity contribution in [1.82, 2.24) is 4.98 Å². The standard InChI is InChI=1S/C10H9NO3/c12-8(7-1-5-11-6-2-7)10(3-4-10)9(13)14/h1-2,5-6H,3-4H2,(H,13,14). The highest BCUT2D eigenvalue weighted by Gasteiger charge is 2.56. The number of hydrogen-bond donors (Lipinski definition) is 1. The second kappa shape index (κ2) is 2.90. The van der Waals surface area contributed by atoms with Crippen LogP contribution in [0.2, 0.25) is 0 Å². The first-order valence-corrected chi connectivity index (χ1v) is 4.35. The molecule has 1 aliphatic carbocycles. The minimum absolute atomic E-state index is 0.299. The zero-order valence-electron chi connectivity index (χ0n) is 7.43. The third-order valence-electron chi connectivity index (χ3n) is 2.54. The molecule has 0 bridgehead atoms. The highest BCUT2D eigenvalue weighted by atomic mass is 16.4. The van der Waals surface area contributed by atoms with E-state index in [4.69, 9.17) is 5.11 Å². The molecule has 1 aliphatic rings. The summed E-state index contributed by atoms with van der Waals surface area (Å²) in [6.07, 6.45) is 3.88. The van der Waals surface area contributed by atoms with Gasteiger partial charge in [-0.1, -0.05) is 0 Å². The molecule has 1 saturated carbocycles. The number of carbonyl (C=O) groups excluding carboxylic acids is 1. The molecule has 1 aromatic heterocycles. The van der Waals surface area contributed by atoms with E-state index in [2.05, 4.69) is 4.98 Å². The van der Waals surface area contributed by atoms with Crippen LogP contribution in [-0.4, -0.2) is 21.8 Å². The van der Waals surface area contributed by atoms with Crippen molar-refractivity contribution in [2.75, 3.05) is 0 Å². The Morgan fingerprint density at radius 1 is 1.29 bits per heavy atom. The summed E-state index contributed by atoms with van der Waals surface area (Å²) in [5.41, 5.74) is -0.707. The maximum atomic E-state index is 11.8. The van der Waals surface area contributed by atoms with Crippen LogP contribution in [-0.2, 0) is 4.79 Å². The van der Waals surface area contributed by atoms with Crippen LogP contribution in [0.3, 0.4) is 0 Å². The Kier molecular flexibility index (Phi) is 1.84. The molecule has 0 amide bonds. The van der Waals surface area contributed by atoms with Crippen molar-refractivity contribution >= 4 is 11.8 Å². The van der Waals surface area contributed by atoms with Gasteiger partial charge >= 0.3 is 5.97 Å². The van der Waals surface area contributed by atoms with Crippen molar-refractivity contribution in [3.63, 3.8) is 0 Å². The van der Waals surface area contributed by atoms with Gasteiger partial charge in [-0.15, -0.1) is 0 Å². The molecular weight excluding hydrogens is 182 g/mol. The van der Waals surface area contributed by atoms with Gasteiger partial charge < -0.3 is 5.11 Å². The number of nitrogens with zero attached hydrogens (tertiary/aromatic N) is 1. The van der Waals surface area contributed by atoms with Gasteiger partial charge in [0.25, 0.3) is 0 Å². The molecule has 72 valence electrons. The first-order chi connectivity index (χ1) is 6.67. The second-order valence-corrected chi connectivity index (χ2v) is 3.45. The van der Waals surface area contributed by atoms with E-state index in [0.717, 1.165) is 0 Å². The zero-order chi connectivity index (χ0) is 10.2. The maximum Gasteiger partial charge on any atom is 0.317 e. The van der Waals surface area contributed by atoms with Gasteiger partial charge in [-0.2, -0.15) is 0 Å². The van der Waals surface area contributed by atoms with Gasteiger partial charge in [0.1, 0.15) is 5.41 Å². The quantitative estimate of drug-likeness (QED) is 0.574. The fourth-order valence-corrected chi connectivity index (χ4v) is 1.44. The molecule has 14 heavy (non-hydrogen) atoms. The summed E-state index contributed by atoms with van der Waals surface area (Å²) in [6, 6.07) is 3.09. The van der Waals surface area contributed by atoms with Crippen molar-refractivity contribution in [3.8, 4) is 0 Å². The lowest BCUT2D eigenvalue weighted by Crippen LogP contribution is -2.25. The summed E-state index contributed by atoms with van der Waals surface area (Å²) in [5, 5.41) is 8.90. The predicted molar refractivity (Wildman–Crippen MR) is 47.9 cm³/mol. The topological polar surface area (TPSA) is 67.3 Å². The fourth-order valence-electron chi connectivity index (χ4n) is 1.44. The van der Waals surface area contributed by atoms with E-state index in [1.54, 1.807) is 12.1 Å². The summed E-state index contributed by atoms with van der Waals surface area (Å²) in [6.45, 7) is 0. The van der Waals surface area contributed by atoms with Crippen LogP contribution in [0.5, 0.6) is 0 Å². The first kappa shape index (κ1) is 8.87. The first-order valence-electron chi connectivity index (χ1n) is 4.35. The molecule has 1 aromatic rings. The molecule has 0 atom stereocenters. The Balaban J connectivity index is 2.30. The van der Waals surface area contributed by atoms with Gasteiger partial charge in [-0.05, 0) is 25.0 Å². The van der Waals surface area contributed by atoms with E-state index in [-0.39, 0.29) is 5.78 Å². The Morgan fingerprint density at radius 2 is 1.86 bits per heavy atom. The van der Waals surface area contributed by atoms with Crippen molar-refractivity contribution in [1.29, 1.82) is 0 Å². The molecule has 1 heterocycles. The molecule has 4 nitrogen and oxygen atoms in total. The van der Waals surface area contributed by atoms with Crippen LogP contribution < -0.4 is 0 Å². The third-order valence-corrected chi connectivity index (χ3v) is 2.54. The number of carbonyl (C=O) groups is 2. The number of Topliss-reactive ketones (excluding diaryl/α,β-unsaturated/α-hetero) is 1. The molecule has 1 fully saturated rings. The highest BCUT2D eigenvalue weighted by Crippen LogP contribution is 2.48. The second-order valence-electron chi connectivity index (χ2n) is 3.45. The maximum absolute atomic E-state index is 11.8. The summed E-state index contributed by atoms with van der Waals surface area (Å²) in [5.74, 6) is -1.31. The number of aromatic nitrogens is 1. The molecule has 0 aliphatic heterocycles. The molecule has 0 spiro atoms. The molecule has 0 radical (unpaired) electrons. The van der Waals surface area contributed by atoms with Crippen LogP contribution in [0.4, 0.5) is 0 Å². The third kappa shape index (κ3) is 1.19. The fraction of sp³-hybridized carbons (Fsp3) is 0.300. The van der Waals surface area contributed by atoms with Gasteiger partial charge in [0.15, 0.2) is 5.78 Å². The highest BCUT2D eigenvalue weighted by molar-refractivity contribution is 6.14. The Labute approximate surface area is 80.6 Å². The lowest BCUT2D eigenvalue weighted by Gasteiger charge is -2.07. The molecule has 0 aromatic carbocycles. The molecule has 0 unspecified atom stereocenters. The van der Waals surface area contributed by atoms with Gasteiger partial charge in [0, 0.05) is 18.0 Å². The SMILES string of the molecule is O=C(O)C1(C(=O)c2ccncc2)CC1. The minimum atomic E-state index is -1.14. The van der Waals surface area contributed by atoms with Crippen LogP contribution in [0.25, 0.3) is 0 Å². The minimum Gasteiger partial charge on any atom is -0.480 e. The average molecular weight is 191 g/mol. The van der Waals surface area contributed by atoms with Gasteiger partial charge in [0.2, 0.25) is 0 Å². The number of rotatable bonds is 3. The van der Waals surface area contributed by atoms with E-state index < -0.39 is 11.4 Å². The summed E-state index contributed by atoms with van der Waals surface area (Å²) in [4.78, 5) is 26.4. The average Bonchev–Trinajstić information content (AvgIpc) is 2.99. The normalized spacial score (nSPS) is 17.4. The van der Waals surface area contributed by atoms with E-state index in [0.29, 0.717) is 18.4 Å². The number of pyridine rings is 1. The summed E-state index contributed by atoms with van der Waals surface area (Å²) >= 11 is 0. The summed E-state index contributed by atoms with van der Waals surface area (Å²) in [7, 11) is 0. The van der Waals surface area contributed by atoms with E-state index >= 15 is 0 Å². The smallest absolute Gasteiger partial charge is 0.317 e. The van der Waals surface area contributed by atoms with Crippen molar-refractivity contribution in [2.45, 2.75) is 12.8 Å². The molecular formula is C10H9NO3. The van der Waals surface area contributed by atoms with Crippen LogP contribution >= 0.6 is 0 Å². The van der Waals surface area contributed by atoms with Crippen LogP contribution in [0.1, 0.15) is 23.2 Å². The predicted octanol–water partition coefficient (Wildman–Crippen LogP) is 1.13. The number of hydrogen-bond acceptors (Lipinski definition) is 3. The van der Waals surface area contributed by atoms with Gasteiger partial charge in [0.05, 0.1) is 0 Å². The number of carboxylic acid groups (broad SMARTS) is 1. The van der Waals surface area contributed by atoms with E-state index in [9.17, 15) is 9.59 Å². The largest absolute Gasteiger partial charge is 0.480 e.